The number of hydrogen-bond donors (Lipinski definition) is 2. The van der Waals surface area contributed by atoms with Crippen LogP contribution in [0.2, 0.25) is 0 Å². The predicted octanol–water partition coefficient (Wildman–Crippen LogP) is 2.44. The Hall–Kier alpha value is -1.35. The Morgan fingerprint density at radius 3 is 2.71 bits per heavy atom. The number of aliphatic imine (C=N–C) groups is 1. The molecule has 0 aromatic heterocycles. The number of carbonyl (C=O) groups is 1. The molecule has 0 aliphatic carbocycles. The van der Waals surface area contributed by atoms with Crippen molar-refractivity contribution in [3.05, 3.63) is 35.9 Å². The average Bonchev–Trinajstić information content (AvgIpc) is 3.35. The molecule has 1 amide bonds. The lowest BCUT2D eigenvalue weighted by Gasteiger charge is -2.26. The number of rotatable bonds is 6. The first-order valence-electron chi connectivity index (χ1n) is 10.2. The zero-order valence-corrected chi connectivity index (χ0v) is 19.4. The van der Waals surface area contributed by atoms with Gasteiger partial charge in [0.25, 0.3) is 0 Å². The van der Waals surface area contributed by atoms with E-state index in [2.05, 4.69) is 50.9 Å². The van der Waals surface area contributed by atoms with Crippen LogP contribution in [0.5, 0.6) is 0 Å². The van der Waals surface area contributed by atoms with Crippen molar-refractivity contribution >= 4 is 35.8 Å². The first kappa shape index (κ1) is 22.9. The second-order valence-corrected chi connectivity index (χ2v) is 7.53. The fourth-order valence-corrected chi connectivity index (χ4v) is 4.08. The molecular weight excluding hydrogens is 465 g/mol. The number of benzene rings is 1. The van der Waals surface area contributed by atoms with Crippen molar-refractivity contribution in [2.24, 2.45) is 4.99 Å². The van der Waals surface area contributed by atoms with E-state index in [1.807, 2.05) is 18.9 Å². The summed E-state index contributed by atoms with van der Waals surface area (Å²) in [6.45, 7) is 6.61. The van der Waals surface area contributed by atoms with Gasteiger partial charge in [0.05, 0.1) is 0 Å². The Balaban J connectivity index is 0.00000280. The summed E-state index contributed by atoms with van der Waals surface area (Å²) in [4.78, 5) is 20.7. The molecule has 2 saturated heterocycles. The van der Waals surface area contributed by atoms with E-state index in [1.54, 1.807) is 0 Å². The van der Waals surface area contributed by atoms with Gasteiger partial charge in [-0.1, -0.05) is 37.3 Å². The molecule has 156 valence electrons. The summed E-state index contributed by atoms with van der Waals surface area (Å²) in [6.07, 6.45) is 4.04. The van der Waals surface area contributed by atoms with Crippen LogP contribution >= 0.6 is 24.0 Å². The number of hydrogen-bond acceptors (Lipinski definition) is 3. The lowest BCUT2D eigenvalue weighted by molar-refractivity contribution is -0.129. The summed E-state index contributed by atoms with van der Waals surface area (Å²) in [6, 6.07) is 11.5. The van der Waals surface area contributed by atoms with E-state index in [-0.39, 0.29) is 35.9 Å². The Morgan fingerprint density at radius 2 is 2.00 bits per heavy atom. The van der Waals surface area contributed by atoms with Gasteiger partial charge in [-0.3, -0.25) is 14.7 Å². The normalized spacial score (nSPS) is 22.8. The van der Waals surface area contributed by atoms with Crippen LogP contribution in [0.1, 0.15) is 38.2 Å². The molecule has 0 bridgehead atoms. The third kappa shape index (κ3) is 6.34. The topological polar surface area (TPSA) is 60.0 Å². The Labute approximate surface area is 186 Å². The van der Waals surface area contributed by atoms with Crippen molar-refractivity contribution in [1.29, 1.82) is 0 Å². The van der Waals surface area contributed by atoms with E-state index in [9.17, 15) is 4.79 Å². The first-order valence-corrected chi connectivity index (χ1v) is 10.2. The maximum Gasteiger partial charge on any atom is 0.222 e. The fourth-order valence-electron chi connectivity index (χ4n) is 4.08. The molecule has 3 rings (SSSR count). The van der Waals surface area contributed by atoms with Gasteiger partial charge in [-0.05, 0) is 31.4 Å². The fraction of sp³-hybridized carbons (Fsp3) is 0.619. The largest absolute Gasteiger partial charge is 0.355 e. The number of nitrogens with one attached hydrogen (secondary N) is 2. The molecule has 0 saturated carbocycles. The maximum absolute atomic E-state index is 11.8. The molecule has 2 aliphatic heterocycles. The number of guanidine groups is 1. The van der Waals surface area contributed by atoms with Gasteiger partial charge >= 0.3 is 0 Å². The van der Waals surface area contributed by atoms with Crippen molar-refractivity contribution in [3.8, 4) is 0 Å². The molecule has 6 nitrogen and oxygen atoms in total. The molecule has 28 heavy (non-hydrogen) atoms. The molecule has 2 heterocycles. The molecule has 0 radical (unpaired) electrons. The van der Waals surface area contributed by atoms with Gasteiger partial charge in [-0.2, -0.15) is 0 Å². The molecule has 0 spiro atoms. The standard InChI is InChI=1S/C21H33N5O.HI/c1-3-20(27)26-13-11-18(16-26)24-21(22-2)23-14-19-10-7-12-25(19)15-17-8-5-4-6-9-17;/h4-6,8-9,18-19H,3,7,10-16H2,1-2H3,(H2,22,23,24);1H. The van der Waals surface area contributed by atoms with Crippen LogP contribution in [-0.4, -0.2) is 67.0 Å². The van der Waals surface area contributed by atoms with Gasteiger partial charge in [0.2, 0.25) is 5.91 Å². The minimum absolute atomic E-state index is 0. The van der Waals surface area contributed by atoms with Crippen LogP contribution < -0.4 is 10.6 Å². The van der Waals surface area contributed by atoms with E-state index in [4.69, 9.17) is 0 Å². The number of amides is 1. The second-order valence-electron chi connectivity index (χ2n) is 7.53. The molecular formula is C21H34IN5O. The van der Waals surface area contributed by atoms with Crippen molar-refractivity contribution in [1.82, 2.24) is 20.4 Å². The van der Waals surface area contributed by atoms with Crippen LogP contribution in [0.4, 0.5) is 0 Å². The average molecular weight is 499 g/mol. The third-order valence-corrected chi connectivity index (χ3v) is 5.64. The van der Waals surface area contributed by atoms with Gasteiger partial charge in [0.1, 0.15) is 0 Å². The van der Waals surface area contributed by atoms with Crippen LogP contribution in [0, 0.1) is 0 Å². The predicted molar refractivity (Wildman–Crippen MR) is 125 cm³/mol. The van der Waals surface area contributed by atoms with Crippen molar-refractivity contribution < 1.29 is 4.79 Å². The van der Waals surface area contributed by atoms with Crippen molar-refractivity contribution in [2.45, 2.75) is 51.2 Å². The van der Waals surface area contributed by atoms with Crippen molar-refractivity contribution in [2.75, 3.05) is 33.2 Å². The van der Waals surface area contributed by atoms with E-state index in [1.165, 1.54) is 18.4 Å². The van der Waals surface area contributed by atoms with Crippen LogP contribution in [-0.2, 0) is 11.3 Å². The zero-order chi connectivity index (χ0) is 19.1. The highest BCUT2D eigenvalue weighted by molar-refractivity contribution is 14.0. The highest BCUT2D eigenvalue weighted by atomic mass is 127. The molecule has 2 fully saturated rings. The summed E-state index contributed by atoms with van der Waals surface area (Å²) in [7, 11) is 1.82. The van der Waals surface area contributed by atoms with Gasteiger partial charge in [-0.25, -0.2) is 0 Å². The number of nitrogens with zero attached hydrogens (tertiary/aromatic N) is 3. The van der Waals surface area contributed by atoms with E-state index in [0.717, 1.165) is 45.1 Å². The summed E-state index contributed by atoms with van der Waals surface area (Å²) in [5.41, 5.74) is 1.37. The quantitative estimate of drug-likeness (QED) is 0.359. The van der Waals surface area contributed by atoms with E-state index in [0.29, 0.717) is 12.5 Å². The zero-order valence-electron chi connectivity index (χ0n) is 17.1. The van der Waals surface area contributed by atoms with Crippen LogP contribution in [0.3, 0.4) is 0 Å². The molecule has 1 aromatic carbocycles. The van der Waals surface area contributed by atoms with E-state index >= 15 is 0 Å². The Bertz CT molecular complexity index is 639. The lowest BCUT2D eigenvalue weighted by Crippen LogP contribution is -2.48. The highest BCUT2D eigenvalue weighted by Gasteiger charge is 2.27. The molecule has 2 N–H and O–H groups in total. The summed E-state index contributed by atoms with van der Waals surface area (Å²) >= 11 is 0. The smallest absolute Gasteiger partial charge is 0.222 e. The lowest BCUT2D eigenvalue weighted by atomic mass is 10.2. The summed E-state index contributed by atoms with van der Waals surface area (Å²) < 4.78 is 0. The first-order chi connectivity index (χ1) is 13.2. The van der Waals surface area contributed by atoms with Crippen molar-refractivity contribution in [3.63, 3.8) is 0 Å². The number of halogens is 1. The van der Waals surface area contributed by atoms with E-state index < -0.39 is 0 Å². The monoisotopic (exact) mass is 499 g/mol. The Kier molecular flexibility index (Phi) is 9.50. The van der Waals surface area contributed by atoms with Gasteiger partial charge < -0.3 is 15.5 Å². The second kappa shape index (κ2) is 11.6. The van der Waals surface area contributed by atoms with Crippen LogP contribution in [0.25, 0.3) is 0 Å². The minimum Gasteiger partial charge on any atom is -0.355 e. The van der Waals surface area contributed by atoms with Gasteiger partial charge in [0.15, 0.2) is 5.96 Å². The third-order valence-electron chi connectivity index (χ3n) is 5.64. The Morgan fingerprint density at radius 1 is 1.21 bits per heavy atom. The van der Waals surface area contributed by atoms with Gasteiger partial charge in [0, 0.05) is 51.7 Å². The molecule has 1 aromatic rings. The SMILES string of the molecule is CCC(=O)N1CCC(NC(=NC)NCC2CCCN2Cc2ccccc2)C1.I. The summed E-state index contributed by atoms with van der Waals surface area (Å²) in [5, 5.41) is 7.00. The molecule has 7 heteroatoms. The number of likely N-dealkylation sites (tertiary alicyclic amines) is 2. The maximum atomic E-state index is 11.8. The van der Waals surface area contributed by atoms with Crippen LogP contribution in [0.15, 0.2) is 35.3 Å². The summed E-state index contributed by atoms with van der Waals surface area (Å²) in [5.74, 6) is 1.09. The molecule has 2 aliphatic rings. The number of carbonyl (C=O) groups excluding carboxylic acids is 1. The van der Waals surface area contributed by atoms with Gasteiger partial charge in [-0.15, -0.1) is 24.0 Å². The molecule has 2 atom stereocenters. The highest BCUT2D eigenvalue weighted by Crippen LogP contribution is 2.19. The minimum atomic E-state index is 0. The molecule has 2 unspecified atom stereocenters.